The molecule has 1 saturated carbocycles. The van der Waals surface area contributed by atoms with Crippen molar-refractivity contribution in [1.82, 2.24) is 10.3 Å². The van der Waals surface area contributed by atoms with E-state index in [1.807, 2.05) is 6.07 Å². The molecule has 1 N–H and O–H groups in total. The van der Waals surface area contributed by atoms with Gasteiger partial charge in [0.2, 0.25) is 17.7 Å². The number of hydrogen-bond acceptors (Lipinski definition) is 4. The summed E-state index contributed by atoms with van der Waals surface area (Å²) in [7, 11) is 0. The second kappa shape index (κ2) is 6.75. The number of rotatable bonds is 2. The minimum absolute atomic E-state index is 0. The van der Waals surface area contributed by atoms with Gasteiger partial charge in [-0.25, -0.2) is 8.78 Å². The van der Waals surface area contributed by atoms with Gasteiger partial charge in [0.25, 0.3) is 0 Å². The molecule has 21 heavy (non-hydrogen) atoms. The molecule has 1 aromatic heterocycles. The summed E-state index contributed by atoms with van der Waals surface area (Å²) in [5, 5.41) is 3.22. The van der Waals surface area contributed by atoms with Crippen molar-refractivity contribution in [2.75, 3.05) is 13.2 Å². The number of aromatic nitrogens is 1. The van der Waals surface area contributed by atoms with Crippen LogP contribution in [0.4, 0.5) is 8.78 Å². The van der Waals surface area contributed by atoms with Gasteiger partial charge in [0.05, 0.1) is 0 Å². The van der Waals surface area contributed by atoms with Gasteiger partial charge in [0.15, 0.2) is 0 Å². The number of hydrogen-bond donors (Lipinski definition) is 1. The Morgan fingerprint density at radius 3 is 2.81 bits per heavy atom. The summed E-state index contributed by atoms with van der Waals surface area (Å²) in [6.07, 6.45) is 0.345. The summed E-state index contributed by atoms with van der Waals surface area (Å²) in [4.78, 5) is 4.33. The van der Waals surface area contributed by atoms with Crippen LogP contribution >= 0.6 is 12.4 Å². The van der Waals surface area contributed by atoms with E-state index in [1.165, 1.54) is 0 Å². The minimum Gasteiger partial charge on any atom is -0.476 e. The predicted octanol–water partition coefficient (Wildman–Crippen LogP) is 2.94. The maximum absolute atomic E-state index is 13.1. The zero-order chi connectivity index (χ0) is 14.0. The molecule has 0 amide bonds. The maximum atomic E-state index is 13.1. The third-order valence-corrected chi connectivity index (χ3v) is 3.70. The van der Waals surface area contributed by atoms with Crippen molar-refractivity contribution in [2.45, 2.75) is 44.3 Å². The maximum Gasteiger partial charge on any atom is 0.248 e. The molecule has 0 bridgehead atoms. The van der Waals surface area contributed by atoms with Crippen LogP contribution < -0.4 is 14.8 Å². The van der Waals surface area contributed by atoms with Crippen LogP contribution in [-0.4, -0.2) is 30.2 Å². The van der Waals surface area contributed by atoms with Gasteiger partial charge in [-0.15, -0.1) is 12.4 Å². The average Bonchev–Trinajstić information content (AvgIpc) is 2.66. The first-order valence-electron chi connectivity index (χ1n) is 7.00. The van der Waals surface area contributed by atoms with Gasteiger partial charge in [-0.2, -0.15) is 4.98 Å². The highest BCUT2D eigenvalue weighted by Crippen LogP contribution is 2.34. The Morgan fingerprint density at radius 2 is 2.05 bits per heavy atom. The van der Waals surface area contributed by atoms with Crippen molar-refractivity contribution in [2.24, 2.45) is 0 Å². The van der Waals surface area contributed by atoms with E-state index >= 15 is 0 Å². The second-order valence-electron chi connectivity index (χ2n) is 5.31. The Kier molecular flexibility index (Phi) is 5.22. The fourth-order valence-corrected chi connectivity index (χ4v) is 2.52. The quantitative estimate of drug-likeness (QED) is 0.910. The molecule has 7 heteroatoms. The van der Waals surface area contributed by atoms with Crippen LogP contribution in [0.5, 0.6) is 11.8 Å². The number of nitrogens with zero attached hydrogens (tertiary/aromatic N) is 1. The number of fused-ring (bicyclic) bond motifs is 1. The number of alkyl halides is 2. The van der Waals surface area contributed by atoms with Crippen molar-refractivity contribution >= 4 is 12.4 Å². The lowest BCUT2D eigenvalue weighted by Gasteiger charge is -2.28. The first kappa shape index (κ1) is 16.2. The molecule has 0 atom stereocenters. The summed E-state index contributed by atoms with van der Waals surface area (Å²) in [6, 6.07) is 3.69. The Hall–Kier alpha value is -1.14. The lowest BCUT2D eigenvalue weighted by Crippen LogP contribution is -2.30. The molecule has 2 heterocycles. The van der Waals surface area contributed by atoms with Gasteiger partial charge in [-0.1, -0.05) is 0 Å². The SMILES string of the molecule is Cl.FC1(F)CCC(Oc2ccc3c(n2)OCCNC3)CC1. The summed E-state index contributed by atoms with van der Waals surface area (Å²) < 4.78 is 37.4. The van der Waals surface area contributed by atoms with Gasteiger partial charge in [0.1, 0.15) is 12.7 Å². The third-order valence-electron chi connectivity index (χ3n) is 3.70. The van der Waals surface area contributed by atoms with Crippen LogP contribution in [0.1, 0.15) is 31.2 Å². The molecule has 2 aliphatic rings. The summed E-state index contributed by atoms with van der Waals surface area (Å²) >= 11 is 0. The molecular formula is C14H19ClF2N2O2. The summed E-state index contributed by atoms with van der Waals surface area (Å²) in [5.41, 5.74) is 0.991. The fraction of sp³-hybridized carbons (Fsp3) is 0.643. The number of pyridine rings is 1. The van der Waals surface area contributed by atoms with Crippen molar-refractivity contribution in [3.05, 3.63) is 17.7 Å². The van der Waals surface area contributed by atoms with Crippen molar-refractivity contribution in [3.8, 4) is 11.8 Å². The monoisotopic (exact) mass is 320 g/mol. The lowest BCUT2D eigenvalue weighted by atomic mass is 9.94. The molecule has 1 aliphatic carbocycles. The van der Waals surface area contributed by atoms with Gasteiger partial charge in [-0.3, -0.25) is 0 Å². The zero-order valence-electron chi connectivity index (χ0n) is 11.6. The third kappa shape index (κ3) is 4.17. The highest BCUT2D eigenvalue weighted by Gasteiger charge is 2.35. The number of halogens is 3. The number of nitrogens with one attached hydrogen (secondary N) is 1. The molecule has 3 rings (SSSR count). The van der Waals surface area contributed by atoms with Crippen molar-refractivity contribution in [1.29, 1.82) is 0 Å². The van der Waals surface area contributed by atoms with Gasteiger partial charge in [0, 0.05) is 37.6 Å². The molecule has 0 aromatic carbocycles. The highest BCUT2D eigenvalue weighted by atomic mass is 35.5. The van der Waals surface area contributed by atoms with E-state index in [9.17, 15) is 8.78 Å². The summed E-state index contributed by atoms with van der Waals surface area (Å²) in [6.45, 7) is 2.07. The van der Waals surface area contributed by atoms with E-state index in [4.69, 9.17) is 9.47 Å². The molecule has 0 radical (unpaired) electrons. The molecule has 0 saturated heterocycles. The van der Waals surface area contributed by atoms with E-state index in [0.29, 0.717) is 31.2 Å². The van der Waals surface area contributed by atoms with E-state index in [-0.39, 0.29) is 31.4 Å². The van der Waals surface area contributed by atoms with Crippen molar-refractivity contribution < 1.29 is 18.3 Å². The van der Waals surface area contributed by atoms with E-state index in [2.05, 4.69) is 10.3 Å². The minimum atomic E-state index is -2.53. The zero-order valence-corrected chi connectivity index (χ0v) is 12.4. The van der Waals surface area contributed by atoms with E-state index in [1.54, 1.807) is 6.07 Å². The Labute approximate surface area is 128 Å². The average molecular weight is 321 g/mol. The summed E-state index contributed by atoms with van der Waals surface area (Å²) in [5.74, 6) is -1.50. The molecular weight excluding hydrogens is 302 g/mol. The Morgan fingerprint density at radius 1 is 1.29 bits per heavy atom. The smallest absolute Gasteiger partial charge is 0.248 e. The van der Waals surface area contributed by atoms with Crippen LogP contribution in [0.2, 0.25) is 0 Å². The van der Waals surface area contributed by atoms with Gasteiger partial charge >= 0.3 is 0 Å². The molecule has 1 fully saturated rings. The first-order chi connectivity index (χ1) is 9.62. The van der Waals surface area contributed by atoms with E-state index < -0.39 is 5.92 Å². The van der Waals surface area contributed by atoms with Crippen LogP contribution in [0, 0.1) is 0 Å². The molecule has 4 nitrogen and oxygen atoms in total. The molecule has 0 unspecified atom stereocenters. The fourth-order valence-electron chi connectivity index (χ4n) is 2.52. The largest absolute Gasteiger partial charge is 0.476 e. The van der Waals surface area contributed by atoms with Crippen LogP contribution in [0.3, 0.4) is 0 Å². The Bertz CT molecular complexity index is 478. The van der Waals surface area contributed by atoms with Crippen LogP contribution in [0.25, 0.3) is 0 Å². The topological polar surface area (TPSA) is 43.4 Å². The van der Waals surface area contributed by atoms with Crippen LogP contribution in [0.15, 0.2) is 12.1 Å². The molecule has 1 aromatic rings. The Balaban J connectivity index is 0.00000161. The standard InChI is InChI=1S/C14H18F2N2O2.ClH/c15-14(16)5-3-11(4-6-14)20-12-2-1-10-9-17-7-8-19-13(10)18-12;/h1-2,11,17H,3-9H2;1H. The number of ether oxygens (including phenoxy) is 2. The van der Waals surface area contributed by atoms with Crippen molar-refractivity contribution in [3.63, 3.8) is 0 Å². The predicted molar refractivity (Wildman–Crippen MR) is 76.5 cm³/mol. The van der Waals surface area contributed by atoms with Crippen LogP contribution in [-0.2, 0) is 6.54 Å². The highest BCUT2D eigenvalue weighted by molar-refractivity contribution is 5.85. The molecule has 0 spiro atoms. The molecule has 118 valence electrons. The van der Waals surface area contributed by atoms with Gasteiger partial charge < -0.3 is 14.8 Å². The molecule has 1 aliphatic heterocycles. The van der Waals surface area contributed by atoms with E-state index in [0.717, 1.165) is 18.7 Å². The normalized spacial score (nSPS) is 21.4. The van der Waals surface area contributed by atoms with Gasteiger partial charge in [-0.05, 0) is 18.9 Å². The second-order valence-corrected chi connectivity index (χ2v) is 5.31. The lowest BCUT2D eigenvalue weighted by molar-refractivity contribution is -0.0588. The first-order valence-corrected chi connectivity index (χ1v) is 7.00.